The van der Waals surface area contributed by atoms with E-state index in [1.165, 1.54) is 0 Å². The topological polar surface area (TPSA) is 65.2 Å². The summed E-state index contributed by atoms with van der Waals surface area (Å²) >= 11 is 0. The van der Waals surface area contributed by atoms with Gasteiger partial charge in [-0.1, -0.05) is 30.8 Å². The van der Waals surface area contributed by atoms with Crippen molar-refractivity contribution in [2.75, 3.05) is 6.61 Å². The molecule has 0 aromatic carbocycles. The molecule has 5 heteroatoms. The van der Waals surface area contributed by atoms with Gasteiger partial charge in [-0.05, 0) is 26.7 Å². The highest BCUT2D eigenvalue weighted by molar-refractivity contribution is 5.81. The Labute approximate surface area is 107 Å². The van der Waals surface area contributed by atoms with Crippen LogP contribution in [0, 0.1) is 6.92 Å². The van der Waals surface area contributed by atoms with E-state index in [4.69, 9.17) is 9.26 Å². The van der Waals surface area contributed by atoms with E-state index in [-0.39, 0.29) is 5.97 Å². The number of carbonyl (C=O) groups is 1. The summed E-state index contributed by atoms with van der Waals surface area (Å²) in [5.41, 5.74) is -0.715. The van der Waals surface area contributed by atoms with E-state index in [1.807, 2.05) is 6.92 Å². The van der Waals surface area contributed by atoms with E-state index in [2.05, 4.69) is 10.1 Å². The van der Waals surface area contributed by atoms with Crippen molar-refractivity contribution in [3.8, 4) is 0 Å². The minimum absolute atomic E-state index is 0.212. The van der Waals surface area contributed by atoms with Gasteiger partial charge in [0.1, 0.15) is 5.41 Å². The number of aromatic nitrogens is 2. The zero-order chi connectivity index (χ0) is 13.0. The Morgan fingerprint density at radius 1 is 1.33 bits per heavy atom. The van der Waals surface area contributed by atoms with Gasteiger partial charge in [-0.2, -0.15) is 4.98 Å². The fourth-order valence-electron chi connectivity index (χ4n) is 2.60. The van der Waals surface area contributed by atoms with Crippen LogP contribution in [0.4, 0.5) is 0 Å². The largest absolute Gasteiger partial charge is 0.465 e. The molecule has 1 aliphatic rings. The summed E-state index contributed by atoms with van der Waals surface area (Å²) in [5, 5.41) is 3.82. The second-order valence-corrected chi connectivity index (χ2v) is 4.86. The molecule has 1 aliphatic carbocycles. The Morgan fingerprint density at radius 3 is 2.50 bits per heavy atom. The summed E-state index contributed by atoms with van der Waals surface area (Å²) < 4.78 is 10.5. The molecule has 0 bridgehead atoms. The number of aryl methyl sites for hydroxylation is 1. The standard InChI is InChI=1S/C13H20N2O3/c1-3-17-12(16)13(8-6-4-5-7-9-13)11-14-10(2)15-18-11/h3-9H2,1-2H3. The molecule has 0 aliphatic heterocycles. The number of hydrogen-bond acceptors (Lipinski definition) is 5. The Kier molecular flexibility index (Phi) is 3.99. The van der Waals surface area contributed by atoms with E-state index < -0.39 is 5.41 Å². The quantitative estimate of drug-likeness (QED) is 0.611. The van der Waals surface area contributed by atoms with Crippen molar-refractivity contribution in [1.29, 1.82) is 0 Å². The highest BCUT2D eigenvalue weighted by Crippen LogP contribution is 2.38. The summed E-state index contributed by atoms with van der Waals surface area (Å²) in [4.78, 5) is 16.6. The van der Waals surface area contributed by atoms with E-state index in [0.717, 1.165) is 38.5 Å². The van der Waals surface area contributed by atoms with Crippen molar-refractivity contribution >= 4 is 5.97 Å². The van der Waals surface area contributed by atoms with Gasteiger partial charge in [0.2, 0.25) is 5.89 Å². The number of nitrogens with zero attached hydrogens (tertiary/aromatic N) is 2. The molecule has 1 heterocycles. The van der Waals surface area contributed by atoms with Crippen LogP contribution in [0.25, 0.3) is 0 Å². The minimum atomic E-state index is -0.715. The molecule has 1 saturated carbocycles. The average molecular weight is 252 g/mol. The van der Waals surface area contributed by atoms with Crippen LogP contribution in [-0.2, 0) is 14.9 Å². The minimum Gasteiger partial charge on any atom is -0.465 e. The molecule has 0 spiro atoms. The maximum absolute atomic E-state index is 12.3. The first kappa shape index (κ1) is 13.1. The summed E-state index contributed by atoms with van der Waals surface area (Å²) in [6, 6.07) is 0. The van der Waals surface area contributed by atoms with Gasteiger partial charge in [0.25, 0.3) is 0 Å². The summed E-state index contributed by atoms with van der Waals surface area (Å²) in [6.45, 7) is 3.97. The third-order valence-electron chi connectivity index (χ3n) is 3.56. The predicted octanol–water partition coefficient (Wildman–Crippen LogP) is 2.53. The number of rotatable bonds is 3. The monoisotopic (exact) mass is 252 g/mol. The van der Waals surface area contributed by atoms with Gasteiger partial charge in [0, 0.05) is 0 Å². The third kappa shape index (κ3) is 2.40. The van der Waals surface area contributed by atoms with Crippen LogP contribution in [0.15, 0.2) is 4.52 Å². The molecule has 0 atom stereocenters. The van der Waals surface area contributed by atoms with E-state index >= 15 is 0 Å². The molecule has 1 aromatic rings. The normalized spacial score (nSPS) is 19.2. The maximum atomic E-state index is 12.3. The molecule has 0 N–H and O–H groups in total. The van der Waals surface area contributed by atoms with Crippen LogP contribution < -0.4 is 0 Å². The lowest BCUT2D eigenvalue weighted by Crippen LogP contribution is -2.37. The second kappa shape index (κ2) is 5.50. The molecule has 18 heavy (non-hydrogen) atoms. The van der Waals surface area contributed by atoms with E-state index in [9.17, 15) is 4.79 Å². The summed E-state index contributed by atoms with van der Waals surface area (Å²) in [6.07, 6.45) is 5.78. The molecule has 0 amide bonds. The van der Waals surface area contributed by atoms with Crippen LogP contribution in [-0.4, -0.2) is 22.7 Å². The zero-order valence-corrected chi connectivity index (χ0v) is 11.1. The Balaban J connectivity index is 2.34. The average Bonchev–Trinajstić information content (AvgIpc) is 2.66. The molecule has 0 saturated heterocycles. The number of ether oxygens (including phenoxy) is 1. The Bertz CT molecular complexity index is 406. The van der Waals surface area contributed by atoms with Crippen LogP contribution in [0.3, 0.4) is 0 Å². The van der Waals surface area contributed by atoms with Gasteiger partial charge >= 0.3 is 5.97 Å². The van der Waals surface area contributed by atoms with Crippen LogP contribution >= 0.6 is 0 Å². The lowest BCUT2D eigenvalue weighted by atomic mass is 9.80. The van der Waals surface area contributed by atoms with Crippen molar-refractivity contribution < 1.29 is 14.1 Å². The molecule has 0 radical (unpaired) electrons. The fraction of sp³-hybridized carbons (Fsp3) is 0.769. The molecule has 100 valence electrons. The molecular weight excluding hydrogens is 232 g/mol. The lowest BCUT2D eigenvalue weighted by molar-refractivity contribution is -0.152. The van der Waals surface area contributed by atoms with Crippen molar-refractivity contribution in [1.82, 2.24) is 10.1 Å². The predicted molar refractivity (Wildman–Crippen MR) is 65.0 cm³/mol. The highest BCUT2D eigenvalue weighted by Gasteiger charge is 2.46. The third-order valence-corrected chi connectivity index (χ3v) is 3.56. The van der Waals surface area contributed by atoms with Crippen molar-refractivity contribution in [2.24, 2.45) is 0 Å². The molecule has 5 nitrogen and oxygen atoms in total. The second-order valence-electron chi connectivity index (χ2n) is 4.86. The van der Waals surface area contributed by atoms with Gasteiger partial charge in [-0.15, -0.1) is 0 Å². The first-order valence-electron chi connectivity index (χ1n) is 6.67. The summed E-state index contributed by atoms with van der Waals surface area (Å²) in [5.74, 6) is 0.786. The first-order valence-corrected chi connectivity index (χ1v) is 6.67. The lowest BCUT2D eigenvalue weighted by Gasteiger charge is -2.25. The van der Waals surface area contributed by atoms with E-state index in [0.29, 0.717) is 18.3 Å². The zero-order valence-electron chi connectivity index (χ0n) is 11.1. The molecular formula is C13H20N2O3. The number of carbonyl (C=O) groups excluding carboxylic acids is 1. The van der Waals surface area contributed by atoms with Crippen molar-refractivity contribution in [2.45, 2.75) is 57.8 Å². The van der Waals surface area contributed by atoms with Crippen LogP contribution in [0.5, 0.6) is 0 Å². The number of hydrogen-bond donors (Lipinski definition) is 0. The fourth-order valence-corrected chi connectivity index (χ4v) is 2.60. The van der Waals surface area contributed by atoms with Crippen LogP contribution in [0.2, 0.25) is 0 Å². The van der Waals surface area contributed by atoms with Gasteiger partial charge in [-0.3, -0.25) is 4.79 Å². The van der Waals surface area contributed by atoms with E-state index in [1.54, 1.807) is 6.92 Å². The molecule has 1 aromatic heterocycles. The SMILES string of the molecule is CCOC(=O)C1(c2nc(C)no2)CCCCCC1. The van der Waals surface area contributed by atoms with Gasteiger partial charge < -0.3 is 9.26 Å². The Hall–Kier alpha value is -1.39. The first-order chi connectivity index (χ1) is 8.69. The van der Waals surface area contributed by atoms with Gasteiger partial charge in [0.15, 0.2) is 5.82 Å². The smallest absolute Gasteiger partial charge is 0.321 e. The van der Waals surface area contributed by atoms with Gasteiger partial charge in [0.05, 0.1) is 6.61 Å². The van der Waals surface area contributed by atoms with Gasteiger partial charge in [-0.25, -0.2) is 0 Å². The molecule has 2 rings (SSSR count). The molecule has 1 fully saturated rings. The summed E-state index contributed by atoms with van der Waals surface area (Å²) in [7, 11) is 0. The maximum Gasteiger partial charge on any atom is 0.321 e. The van der Waals surface area contributed by atoms with Crippen molar-refractivity contribution in [3.63, 3.8) is 0 Å². The highest BCUT2D eigenvalue weighted by atomic mass is 16.5. The van der Waals surface area contributed by atoms with Crippen molar-refractivity contribution in [3.05, 3.63) is 11.7 Å². The van der Waals surface area contributed by atoms with Crippen LogP contribution in [0.1, 0.15) is 57.2 Å². The Morgan fingerprint density at radius 2 is 2.00 bits per heavy atom. The number of esters is 1. The molecule has 0 unspecified atom stereocenters.